The van der Waals surface area contributed by atoms with Gasteiger partial charge in [-0.05, 0) is 37.5 Å². The van der Waals surface area contributed by atoms with Crippen molar-refractivity contribution in [1.29, 1.82) is 0 Å². The van der Waals surface area contributed by atoms with E-state index < -0.39 is 12.0 Å². The molecular weight excluding hydrogens is 268 g/mol. The maximum atomic E-state index is 11.3. The number of carboxylic acids is 1. The van der Waals surface area contributed by atoms with Crippen LogP contribution in [0.4, 0.5) is 0 Å². The standard InChI is InChI=1S/C16H24N2O3/c1-11-6-5-7-15(12(11)2)10-18(13(3)16(20)21)9-8-17-14(4)19/h5-7,13H,8-10H2,1-4H3,(H,17,19)(H,20,21). The molecule has 5 heteroatoms. The van der Waals surface area contributed by atoms with Crippen LogP contribution in [0, 0.1) is 13.8 Å². The third-order valence-corrected chi connectivity index (χ3v) is 3.77. The van der Waals surface area contributed by atoms with E-state index in [1.807, 2.05) is 36.9 Å². The van der Waals surface area contributed by atoms with E-state index in [1.165, 1.54) is 18.1 Å². The lowest BCUT2D eigenvalue weighted by atomic mass is 10.0. The van der Waals surface area contributed by atoms with Gasteiger partial charge in [-0.2, -0.15) is 0 Å². The molecule has 0 aromatic heterocycles. The first-order valence-electron chi connectivity index (χ1n) is 7.09. The van der Waals surface area contributed by atoms with Crippen molar-refractivity contribution in [2.75, 3.05) is 13.1 Å². The Kier molecular flexibility index (Phi) is 6.37. The van der Waals surface area contributed by atoms with Crippen molar-refractivity contribution in [1.82, 2.24) is 10.2 Å². The van der Waals surface area contributed by atoms with Gasteiger partial charge in [-0.1, -0.05) is 18.2 Å². The molecule has 1 rings (SSSR count). The number of aryl methyl sites for hydroxylation is 1. The van der Waals surface area contributed by atoms with Gasteiger partial charge in [0, 0.05) is 26.6 Å². The summed E-state index contributed by atoms with van der Waals surface area (Å²) >= 11 is 0. The minimum Gasteiger partial charge on any atom is -0.480 e. The molecule has 0 saturated heterocycles. The number of rotatable bonds is 7. The lowest BCUT2D eigenvalue weighted by Crippen LogP contribution is -2.42. The predicted octanol–water partition coefficient (Wildman–Crippen LogP) is 1.71. The number of carbonyl (C=O) groups excluding carboxylic acids is 1. The highest BCUT2D eigenvalue weighted by atomic mass is 16.4. The average molecular weight is 292 g/mol. The van der Waals surface area contributed by atoms with Gasteiger partial charge in [0.25, 0.3) is 0 Å². The van der Waals surface area contributed by atoms with E-state index in [-0.39, 0.29) is 5.91 Å². The minimum atomic E-state index is -0.858. The molecule has 1 aromatic carbocycles. The SMILES string of the molecule is CC(=O)NCCN(Cc1cccc(C)c1C)C(C)C(=O)O. The van der Waals surface area contributed by atoms with Crippen LogP contribution in [-0.4, -0.2) is 41.0 Å². The van der Waals surface area contributed by atoms with Gasteiger partial charge in [-0.3, -0.25) is 14.5 Å². The highest BCUT2D eigenvalue weighted by Crippen LogP contribution is 2.16. The highest BCUT2D eigenvalue weighted by Gasteiger charge is 2.21. The van der Waals surface area contributed by atoms with E-state index in [9.17, 15) is 14.7 Å². The third kappa shape index (κ3) is 5.19. The Morgan fingerprint density at radius 3 is 2.57 bits per heavy atom. The minimum absolute atomic E-state index is 0.107. The van der Waals surface area contributed by atoms with Gasteiger partial charge in [0.1, 0.15) is 6.04 Å². The second-order valence-corrected chi connectivity index (χ2v) is 5.33. The Labute approximate surface area is 126 Å². The molecular formula is C16H24N2O3. The zero-order valence-corrected chi connectivity index (χ0v) is 13.1. The monoisotopic (exact) mass is 292 g/mol. The average Bonchev–Trinajstić information content (AvgIpc) is 2.41. The normalized spacial score (nSPS) is 12.2. The number of hydrogen-bond acceptors (Lipinski definition) is 3. The Hall–Kier alpha value is -1.88. The molecule has 0 aliphatic rings. The third-order valence-electron chi connectivity index (χ3n) is 3.77. The molecule has 0 bridgehead atoms. The summed E-state index contributed by atoms with van der Waals surface area (Å²) in [5.41, 5.74) is 3.49. The van der Waals surface area contributed by atoms with Crippen LogP contribution in [0.1, 0.15) is 30.5 Å². The Morgan fingerprint density at radius 2 is 2.00 bits per heavy atom. The predicted molar refractivity (Wildman–Crippen MR) is 82.1 cm³/mol. The number of benzene rings is 1. The Bertz CT molecular complexity index is 514. The van der Waals surface area contributed by atoms with Gasteiger partial charge >= 0.3 is 5.97 Å². The van der Waals surface area contributed by atoms with E-state index in [0.717, 1.165) is 5.56 Å². The van der Waals surface area contributed by atoms with Crippen LogP contribution in [0.25, 0.3) is 0 Å². The van der Waals surface area contributed by atoms with Crippen molar-refractivity contribution >= 4 is 11.9 Å². The van der Waals surface area contributed by atoms with Gasteiger partial charge in [0.2, 0.25) is 5.91 Å². The maximum absolute atomic E-state index is 11.3. The van der Waals surface area contributed by atoms with Crippen molar-refractivity contribution in [3.8, 4) is 0 Å². The first-order valence-corrected chi connectivity index (χ1v) is 7.09. The fraction of sp³-hybridized carbons (Fsp3) is 0.500. The topological polar surface area (TPSA) is 69.6 Å². The molecule has 116 valence electrons. The quantitative estimate of drug-likeness (QED) is 0.803. The first kappa shape index (κ1) is 17.2. The zero-order chi connectivity index (χ0) is 16.0. The van der Waals surface area contributed by atoms with Crippen LogP contribution in [0.5, 0.6) is 0 Å². The zero-order valence-electron chi connectivity index (χ0n) is 13.1. The number of nitrogens with zero attached hydrogens (tertiary/aromatic N) is 1. The fourth-order valence-electron chi connectivity index (χ4n) is 2.14. The van der Waals surface area contributed by atoms with Gasteiger partial charge in [-0.25, -0.2) is 0 Å². The molecule has 2 N–H and O–H groups in total. The first-order chi connectivity index (χ1) is 9.82. The summed E-state index contributed by atoms with van der Waals surface area (Å²) in [6, 6.07) is 5.44. The summed E-state index contributed by atoms with van der Waals surface area (Å²) in [5.74, 6) is -0.965. The van der Waals surface area contributed by atoms with Gasteiger partial charge < -0.3 is 10.4 Å². The van der Waals surface area contributed by atoms with Gasteiger partial charge in [-0.15, -0.1) is 0 Å². The molecule has 5 nitrogen and oxygen atoms in total. The molecule has 0 aliphatic heterocycles. The molecule has 0 heterocycles. The van der Waals surface area contributed by atoms with Gasteiger partial charge in [0.15, 0.2) is 0 Å². The molecule has 1 atom stereocenters. The maximum Gasteiger partial charge on any atom is 0.320 e. The number of nitrogens with one attached hydrogen (secondary N) is 1. The summed E-state index contributed by atoms with van der Waals surface area (Å²) in [7, 11) is 0. The highest BCUT2D eigenvalue weighted by molar-refractivity contribution is 5.73. The number of hydrogen-bond donors (Lipinski definition) is 2. The van der Waals surface area contributed by atoms with E-state index in [4.69, 9.17) is 0 Å². The molecule has 0 fully saturated rings. The fourth-order valence-corrected chi connectivity index (χ4v) is 2.14. The lowest BCUT2D eigenvalue weighted by Gasteiger charge is -2.27. The molecule has 0 spiro atoms. The van der Waals surface area contributed by atoms with Gasteiger partial charge in [0.05, 0.1) is 0 Å². The summed E-state index contributed by atoms with van der Waals surface area (Å²) in [4.78, 5) is 24.1. The summed E-state index contributed by atoms with van der Waals surface area (Å²) in [6.07, 6.45) is 0. The molecule has 1 unspecified atom stereocenters. The van der Waals surface area contributed by atoms with E-state index in [2.05, 4.69) is 5.32 Å². The van der Waals surface area contributed by atoms with Crippen LogP contribution in [0.15, 0.2) is 18.2 Å². The van der Waals surface area contributed by atoms with Crippen LogP contribution in [0.2, 0.25) is 0 Å². The Morgan fingerprint density at radius 1 is 1.33 bits per heavy atom. The molecule has 1 amide bonds. The second-order valence-electron chi connectivity index (χ2n) is 5.33. The number of carbonyl (C=O) groups is 2. The van der Waals surface area contributed by atoms with Crippen molar-refractivity contribution in [3.05, 3.63) is 34.9 Å². The molecule has 0 radical (unpaired) electrons. The number of amides is 1. The molecule has 21 heavy (non-hydrogen) atoms. The van der Waals surface area contributed by atoms with E-state index in [0.29, 0.717) is 19.6 Å². The summed E-state index contributed by atoms with van der Waals surface area (Å²) in [5, 5.41) is 11.9. The van der Waals surface area contributed by atoms with Crippen molar-refractivity contribution in [2.24, 2.45) is 0 Å². The molecule has 1 aromatic rings. The Balaban J connectivity index is 2.83. The number of aliphatic carboxylic acids is 1. The molecule has 0 saturated carbocycles. The van der Waals surface area contributed by atoms with Crippen LogP contribution in [0.3, 0.4) is 0 Å². The van der Waals surface area contributed by atoms with Crippen LogP contribution >= 0.6 is 0 Å². The lowest BCUT2D eigenvalue weighted by molar-refractivity contribution is -0.142. The van der Waals surface area contributed by atoms with Crippen LogP contribution < -0.4 is 5.32 Å². The largest absolute Gasteiger partial charge is 0.480 e. The number of carboxylic acid groups (broad SMARTS) is 1. The molecule has 0 aliphatic carbocycles. The smallest absolute Gasteiger partial charge is 0.320 e. The van der Waals surface area contributed by atoms with Crippen molar-refractivity contribution in [2.45, 2.75) is 40.3 Å². The van der Waals surface area contributed by atoms with E-state index >= 15 is 0 Å². The van der Waals surface area contributed by atoms with E-state index in [1.54, 1.807) is 6.92 Å². The van der Waals surface area contributed by atoms with Crippen molar-refractivity contribution < 1.29 is 14.7 Å². The van der Waals surface area contributed by atoms with Crippen LogP contribution in [-0.2, 0) is 16.1 Å². The second kappa shape index (κ2) is 7.78. The summed E-state index contributed by atoms with van der Waals surface area (Å²) in [6.45, 7) is 8.71. The van der Waals surface area contributed by atoms with Crippen molar-refractivity contribution in [3.63, 3.8) is 0 Å². The summed E-state index contributed by atoms with van der Waals surface area (Å²) < 4.78 is 0.